The number of hydrogen-bond donors (Lipinski definition) is 1. The van der Waals surface area contributed by atoms with E-state index in [9.17, 15) is 4.79 Å². The number of benzene rings is 1. The number of rotatable bonds is 4. The molecule has 6 heteroatoms. The van der Waals surface area contributed by atoms with Crippen LogP contribution in [-0.4, -0.2) is 22.5 Å². The molecule has 0 aliphatic carbocycles. The number of carbonyl (C=O) groups is 1. The van der Waals surface area contributed by atoms with Crippen molar-refractivity contribution in [2.24, 2.45) is 0 Å². The summed E-state index contributed by atoms with van der Waals surface area (Å²) in [6, 6.07) is 9.48. The average Bonchev–Trinajstić information content (AvgIpc) is 2.96. The van der Waals surface area contributed by atoms with Crippen LogP contribution in [0.5, 0.6) is 5.88 Å². The summed E-state index contributed by atoms with van der Waals surface area (Å²) in [7, 11) is 0. The number of hydrogen-bond acceptors (Lipinski definition) is 5. The van der Waals surface area contributed by atoms with E-state index in [4.69, 9.17) is 4.74 Å². The highest BCUT2D eigenvalue weighted by molar-refractivity contribution is 7.16. The van der Waals surface area contributed by atoms with Crippen LogP contribution in [-0.2, 0) is 4.79 Å². The number of nitrogens with zero attached hydrogens (tertiary/aromatic N) is 2. The Hall–Kier alpha value is -2.47. The van der Waals surface area contributed by atoms with Crippen LogP contribution in [0.4, 0.5) is 5.69 Å². The molecule has 1 aromatic carbocycles. The zero-order valence-electron chi connectivity index (χ0n) is 11.4. The number of ether oxygens (including phenoxy) is 1. The standard InChI is InChI=1S/C15H13N3O2S/c1-10-4-2-3-5-12(10)18-13(19)8-20-14-11-6-7-21-15(11)17-9-16-14/h2-7,9H,8H2,1H3,(H,18,19). The first-order valence-corrected chi connectivity index (χ1v) is 7.28. The Labute approximate surface area is 125 Å². The highest BCUT2D eigenvalue weighted by Gasteiger charge is 2.09. The molecule has 3 rings (SSSR count). The van der Waals surface area contributed by atoms with Crippen LogP contribution < -0.4 is 10.1 Å². The predicted octanol–water partition coefficient (Wildman–Crippen LogP) is 3.02. The molecule has 3 aromatic rings. The molecule has 0 atom stereocenters. The Morgan fingerprint density at radius 3 is 3.00 bits per heavy atom. The first-order valence-electron chi connectivity index (χ1n) is 6.40. The molecule has 1 N–H and O–H groups in total. The van der Waals surface area contributed by atoms with Crippen molar-refractivity contribution < 1.29 is 9.53 Å². The quantitative estimate of drug-likeness (QED) is 0.804. The minimum Gasteiger partial charge on any atom is -0.467 e. The van der Waals surface area contributed by atoms with Gasteiger partial charge in [0, 0.05) is 5.69 Å². The molecule has 0 aliphatic heterocycles. The summed E-state index contributed by atoms with van der Waals surface area (Å²) in [5.41, 5.74) is 1.79. The molecule has 1 amide bonds. The summed E-state index contributed by atoms with van der Waals surface area (Å²) in [6.07, 6.45) is 1.44. The van der Waals surface area contributed by atoms with Gasteiger partial charge in [0.05, 0.1) is 5.39 Å². The second kappa shape index (κ2) is 5.88. The summed E-state index contributed by atoms with van der Waals surface area (Å²) in [5.74, 6) is 0.215. The Morgan fingerprint density at radius 1 is 1.29 bits per heavy atom. The van der Waals surface area contributed by atoms with E-state index in [-0.39, 0.29) is 12.5 Å². The first kappa shape index (κ1) is 13.5. The maximum Gasteiger partial charge on any atom is 0.262 e. The molecule has 106 valence electrons. The summed E-state index contributed by atoms with van der Waals surface area (Å²) < 4.78 is 5.49. The van der Waals surface area contributed by atoms with E-state index >= 15 is 0 Å². The number of carbonyl (C=O) groups excluding carboxylic acids is 1. The van der Waals surface area contributed by atoms with Crippen molar-refractivity contribution in [3.05, 3.63) is 47.6 Å². The maximum absolute atomic E-state index is 11.9. The van der Waals surface area contributed by atoms with E-state index in [1.165, 1.54) is 17.7 Å². The van der Waals surface area contributed by atoms with Crippen LogP contribution in [0.3, 0.4) is 0 Å². The molecule has 5 nitrogen and oxygen atoms in total. The van der Waals surface area contributed by atoms with Crippen molar-refractivity contribution >= 4 is 33.1 Å². The number of anilines is 1. The zero-order chi connectivity index (χ0) is 14.7. The van der Waals surface area contributed by atoms with Crippen molar-refractivity contribution in [2.45, 2.75) is 6.92 Å². The van der Waals surface area contributed by atoms with Gasteiger partial charge in [0.1, 0.15) is 11.2 Å². The SMILES string of the molecule is Cc1ccccc1NC(=O)COc1ncnc2sccc12. The maximum atomic E-state index is 11.9. The fraction of sp³-hybridized carbons (Fsp3) is 0.133. The molecule has 0 saturated heterocycles. The predicted molar refractivity (Wildman–Crippen MR) is 82.7 cm³/mol. The van der Waals surface area contributed by atoms with Gasteiger partial charge in [-0.05, 0) is 30.0 Å². The Morgan fingerprint density at radius 2 is 2.14 bits per heavy atom. The van der Waals surface area contributed by atoms with Gasteiger partial charge >= 0.3 is 0 Å². The summed E-state index contributed by atoms with van der Waals surface area (Å²) in [6.45, 7) is 1.85. The summed E-state index contributed by atoms with van der Waals surface area (Å²) >= 11 is 1.51. The van der Waals surface area contributed by atoms with E-state index < -0.39 is 0 Å². The second-order valence-corrected chi connectivity index (χ2v) is 5.36. The molecular weight excluding hydrogens is 286 g/mol. The van der Waals surface area contributed by atoms with Crippen molar-refractivity contribution in [3.8, 4) is 5.88 Å². The van der Waals surface area contributed by atoms with Crippen LogP contribution in [0, 0.1) is 6.92 Å². The fourth-order valence-corrected chi connectivity index (χ4v) is 2.64. The average molecular weight is 299 g/mol. The van der Waals surface area contributed by atoms with E-state index in [0.29, 0.717) is 5.88 Å². The van der Waals surface area contributed by atoms with Crippen LogP contribution in [0.15, 0.2) is 42.0 Å². The third-order valence-electron chi connectivity index (χ3n) is 2.98. The molecule has 2 aromatic heterocycles. The third-order valence-corrected chi connectivity index (χ3v) is 3.81. The lowest BCUT2D eigenvalue weighted by atomic mass is 10.2. The van der Waals surface area contributed by atoms with Gasteiger partial charge in [0.2, 0.25) is 5.88 Å². The Bertz CT molecular complexity index is 785. The van der Waals surface area contributed by atoms with E-state index in [2.05, 4.69) is 15.3 Å². The lowest BCUT2D eigenvalue weighted by Gasteiger charge is -2.09. The van der Waals surface area contributed by atoms with Crippen LogP contribution >= 0.6 is 11.3 Å². The molecule has 21 heavy (non-hydrogen) atoms. The van der Waals surface area contributed by atoms with Crippen molar-refractivity contribution in [1.29, 1.82) is 0 Å². The van der Waals surface area contributed by atoms with Gasteiger partial charge in [0.15, 0.2) is 6.61 Å². The number of thiophene rings is 1. The first-order chi connectivity index (χ1) is 10.2. The van der Waals surface area contributed by atoms with Gasteiger partial charge in [-0.2, -0.15) is 0 Å². The fourth-order valence-electron chi connectivity index (χ4n) is 1.92. The van der Waals surface area contributed by atoms with Crippen molar-refractivity contribution in [2.75, 3.05) is 11.9 Å². The molecule has 0 unspecified atom stereocenters. The lowest BCUT2D eigenvalue weighted by Crippen LogP contribution is -2.21. The molecule has 0 aliphatic rings. The molecule has 0 bridgehead atoms. The minimum atomic E-state index is -0.216. The molecule has 0 spiro atoms. The molecule has 0 saturated carbocycles. The van der Waals surface area contributed by atoms with E-state index in [1.54, 1.807) is 0 Å². The molecule has 2 heterocycles. The van der Waals surface area contributed by atoms with Gasteiger partial charge < -0.3 is 10.1 Å². The molecular formula is C15H13N3O2S. The molecule has 0 fully saturated rings. The van der Waals surface area contributed by atoms with Gasteiger partial charge in [-0.3, -0.25) is 4.79 Å². The lowest BCUT2D eigenvalue weighted by molar-refractivity contribution is -0.118. The topological polar surface area (TPSA) is 64.1 Å². The monoisotopic (exact) mass is 299 g/mol. The van der Waals surface area contributed by atoms with E-state index in [1.807, 2.05) is 42.6 Å². The van der Waals surface area contributed by atoms with E-state index in [0.717, 1.165) is 21.5 Å². The third kappa shape index (κ3) is 3.00. The smallest absolute Gasteiger partial charge is 0.262 e. The van der Waals surface area contributed by atoms with Crippen LogP contribution in [0.1, 0.15) is 5.56 Å². The largest absolute Gasteiger partial charge is 0.467 e. The van der Waals surface area contributed by atoms with Gasteiger partial charge in [0.25, 0.3) is 5.91 Å². The number of aromatic nitrogens is 2. The van der Waals surface area contributed by atoms with Crippen molar-refractivity contribution in [3.63, 3.8) is 0 Å². The number of fused-ring (bicyclic) bond motifs is 1. The summed E-state index contributed by atoms with van der Waals surface area (Å²) in [5, 5.41) is 5.56. The van der Waals surface area contributed by atoms with Gasteiger partial charge in [-0.25, -0.2) is 9.97 Å². The highest BCUT2D eigenvalue weighted by Crippen LogP contribution is 2.25. The van der Waals surface area contributed by atoms with Gasteiger partial charge in [-0.1, -0.05) is 18.2 Å². The van der Waals surface area contributed by atoms with Crippen LogP contribution in [0.25, 0.3) is 10.2 Å². The number of aryl methyl sites for hydroxylation is 1. The number of amides is 1. The Balaban J connectivity index is 1.66. The highest BCUT2D eigenvalue weighted by atomic mass is 32.1. The zero-order valence-corrected chi connectivity index (χ0v) is 12.2. The number of nitrogens with one attached hydrogen (secondary N) is 1. The summed E-state index contributed by atoms with van der Waals surface area (Å²) in [4.78, 5) is 21.0. The normalized spacial score (nSPS) is 10.5. The van der Waals surface area contributed by atoms with Crippen LogP contribution in [0.2, 0.25) is 0 Å². The minimum absolute atomic E-state index is 0.0870. The molecule has 0 radical (unpaired) electrons. The number of para-hydroxylation sites is 1. The van der Waals surface area contributed by atoms with Gasteiger partial charge in [-0.15, -0.1) is 11.3 Å². The Kier molecular flexibility index (Phi) is 3.79. The second-order valence-electron chi connectivity index (χ2n) is 4.47. The van der Waals surface area contributed by atoms with Crippen molar-refractivity contribution in [1.82, 2.24) is 9.97 Å².